The third-order valence-corrected chi connectivity index (χ3v) is 4.45. The molecule has 7 heteroatoms. The zero-order valence-electron chi connectivity index (χ0n) is 16.6. The Morgan fingerprint density at radius 3 is 2.59 bits per heavy atom. The lowest BCUT2D eigenvalue weighted by Crippen LogP contribution is -2.33. The Balaban J connectivity index is 1.55. The molecular formula is C22H25N5O2. The molecule has 0 saturated heterocycles. The van der Waals surface area contributed by atoms with Crippen molar-refractivity contribution >= 4 is 23.3 Å². The largest absolute Gasteiger partial charge is 0.338 e. The van der Waals surface area contributed by atoms with Gasteiger partial charge in [-0.2, -0.15) is 5.10 Å². The maximum Gasteiger partial charge on any atom is 0.319 e. The second kappa shape index (κ2) is 9.54. The number of rotatable bonds is 7. The first-order valence-electron chi connectivity index (χ1n) is 9.50. The Morgan fingerprint density at radius 1 is 1.07 bits per heavy atom. The molecule has 29 heavy (non-hydrogen) atoms. The molecule has 1 atom stereocenters. The highest BCUT2D eigenvalue weighted by Gasteiger charge is 2.10. The Labute approximate surface area is 170 Å². The van der Waals surface area contributed by atoms with Crippen molar-refractivity contribution in [3.05, 3.63) is 78.1 Å². The molecule has 0 fully saturated rings. The number of carbonyl (C=O) groups excluding carboxylic acids is 2. The highest BCUT2D eigenvalue weighted by Crippen LogP contribution is 2.21. The number of anilines is 2. The van der Waals surface area contributed by atoms with Crippen molar-refractivity contribution < 1.29 is 9.59 Å². The van der Waals surface area contributed by atoms with Crippen LogP contribution in [0.5, 0.6) is 0 Å². The highest BCUT2D eigenvalue weighted by molar-refractivity contribution is 6.04. The molecular weight excluding hydrogens is 366 g/mol. The number of amides is 3. The summed E-state index contributed by atoms with van der Waals surface area (Å²) in [7, 11) is 0. The summed E-state index contributed by atoms with van der Waals surface area (Å²) in [6.07, 6.45) is 3.63. The molecule has 7 nitrogen and oxygen atoms in total. The quantitative estimate of drug-likeness (QED) is 0.571. The summed E-state index contributed by atoms with van der Waals surface area (Å²) in [6, 6.07) is 16.0. The van der Waals surface area contributed by atoms with Crippen LogP contribution in [0.3, 0.4) is 0 Å². The molecule has 1 heterocycles. The maximum atomic E-state index is 12.3. The molecule has 3 N–H and O–H groups in total. The second-order valence-corrected chi connectivity index (χ2v) is 7.02. The summed E-state index contributed by atoms with van der Waals surface area (Å²) in [4.78, 5) is 24.6. The van der Waals surface area contributed by atoms with Crippen molar-refractivity contribution in [2.75, 3.05) is 17.2 Å². The number of hydrogen-bond donors (Lipinski definition) is 3. The number of aromatic nitrogens is 2. The van der Waals surface area contributed by atoms with E-state index in [1.807, 2.05) is 61.1 Å². The normalized spacial score (nSPS) is 11.5. The van der Waals surface area contributed by atoms with Gasteiger partial charge in [-0.05, 0) is 48.7 Å². The van der Waals surface area contributed by atoms with Crippen LogP contribution in [0.25, 0.3) is 0 Å². The van der Waals surface area contributed by atoms with Gasteiger partial charge in [0.15, 0.2) is 0 Å². The number of benzene rings is 2. The topological polar surface area (TPSA) is 88.0 Å². The van der Waals surface area contributed by atoms with Crippen LogP contribution in [0.4, 0.5) is 16.2 Å². The molecule has 3 amide bonds. The summed E-state index contributed by atoms with van der Waals surface area (Å²) in [5.74, 6) is 0.0375. The number of aryl methyl sites for hydroxylation is 1. The van der Waals surface area contributed by atoms with Gasteiger partial charge in [-0.1, -0.05) is 31.2 Å². The van der Waals surface area contributed by atoms with E-state index < -0.39 is 0 Å². The van der Waals surface area contributed by atoms with E-state index in [-0.39, 0.29) is 17.9 Å². The number of hydrogen-bond acceptors (Lipinski definition) is 3. The minimum atomic E-state index is -0.285. The lowest BCUT2D eigenvalue weighted by atomic mass is 10.1. The molecule has 0 aliphatic carbocycles. The van der Waals surface area contributed by atoms with Crippen LogP contribution in [0.1, 0.15) is 22.8 Å². The summed E-state index contributed by atoms with van der Waals surface area (Å²) in [5.41, 5.74) is 2.74. The third kappa shape index (κ3) is 5.93. The van der Waals surface area contributed by atoms with E-state index in [1.54, 1.807) is 24.4 Å². The van der Waals surface area contributed by atoms with E-state index in [0.717, 1.165) is 12.1 Å². The van der Waals surface area contributed by atoms with E-state index >= 15 is 0 Å². The van der Waals surface area contributed by atoms with Crippen molar-refractivity contribution in [2.24, 2.45) is 5.92 Å². The van der Waals surface area contributed by atoms with Crippen LogP contribution < -0.4 is 16.0 Å². The predicted molar refractivity (Wildman–Crippen MR) is 114 cm³/mol. The van der Waals surface area contributed by atoms with Gasteiger partial charge in [0.2, 0.25) is 0 Å². The van der Waals surface area contributed by atoms with Gasteiger partial charge in [0.05, 0.1) is 0 Å². The van der Waals surface area contributed by atoms with Gasteiger partial charge in [0.25, 0.3) is 5.91 Å². The van der Waals surface area contributed by atoms with Gasteiger partial charge in [-0.25, -0.2) is 4.79 Å². The molecule has 3 aromatic rings. The fourth-order valence-corrected chi connectivity index (χ4v) is 2.85. The first kappa shape index (κ1) is 20.1. The van der Waals surface area contributed by atoms with E-state index in [4.69, 9.17) is 0 Å². The first-order chi connectivity index (χ1) is 14.0. The molecule has 3 rings (SSSR count). The first-order valence-corrected chi connectivity index (χ1v) is 9.50. The van der Waals surface area contributed by atoms with Crippen LogP contribution in [-0.2, 0) is 6.54 Å². The fraction of sp³-hybridized carbons (Fsp3) is 0.227. The van der Waals surface area contributed by atoms with E-state index in [1.165, 1.54) is 0 Å². The maximum absolute atomic E-state index is 12.3. The molecule has 0 aliphatic heterocycles. The van der Waals surface area contributed by atoms with E-state index in [2.05, 4.69) is 21.0 Å². The van der Waals surface area contributed by atoms with Crippen molar-refractivity contribution in [3.63, 3.8) is 0 Å². The molecule has 1 unspecified atom stereocenters. The van der Waals surface area contributed by atoms with Crippen molar-refractivity contribution in [2.45, 2.75) is 20.4 Å². The van der Waals surface area contributed by atoms with Gasteiger partial charge in [-0.3, -0.25) is 9.48 Å². The average Bonchev–Trinajstić information content (AvgIpc) is 3.22. The van der Waals surface area contributed by atoms with Crippen molar-refractivity contribution in [3.8, 4) is 0 Å². The summed E-state index contributed by atoms with van der Waals surface area (Å²) in [5, 5.41) is 12.8. The SMILES string of the molecule is Cc1ccc(NC(=O)c2ccccc2)cc1NC(=O)NCC(C)Cn1cccn1. The van der Waals surface area contributed by atoms with Crippen LogP contribution in [0.15, 0.2) is 67.0 Å². The number of nitrogens with zero attached hydrogens (tertiary/aromatic N) is 2. The molecule has 0 aliphatic rings. The zero-order chi connectivity index (χ0) is 20.6. The summed E-state index contributed by atoms with van der Waals surface area (Å²) in [6.45, 7) is 5.20. The van der Waals surface area contributed by atoms with Gasteiger partial charge >= 0.3 is 6.03 Å². The monoisotopic (exact) mass is 391 g/mol. The molecule has 0 radical (unpaired) electrons. The highest BCUT2D eigenvalue weighted by atomic mass is 16.2. The van der Waals surface area contributed by atoms with E-state index in [0.29, 0.717) is 23.5 Å². The third-order valence-electron chi connectivity index (χ3n) is 4.45. The lowest BCUT2D eigenvalue weighted by molar-refractivity contribution is 0.102. The Kier molecular flexibility index (Phi) is 6.63. The van der Waals surface area contributed by atoms with Gasteiger partial charge in [0, 0.05) is 42.4 Å². The number of nitrogens with one attached hydrogen (secondary N) is 3. The predicted octanol–water partition coefficient (Wildman–Crippen LogP) is 3.90. The second-order valence-electron chi connectivity index (χ2n) is 7.02. The molecule has 2 aromatic carbocycles. The molecule has 150 valence electrons. The zero-order valence-corrected chi connectivity index (χ0v) is 16.6. The number of urea groups is 1. The van der Waals surface area contributed by atoms with Gasteiger partial charge < -0.3 is 16.0 Å². The lowest BCUT2D eigenvalue weighted by Gasteiger charge is -2.15. The van der Waals surface area contributed by atoms with Gasteiger partial charge in [0.1, 0.15) is 0 Å². The number of carbonyl (C=O) groups is 2. The fourth-order valence-electron chi connectivity index (χ4n) is 2.85. The van der Waals surface area contributed by atoms with Crippen LogP contribution in [0, 0.1) is 12.8 Å². The van der Waals surface area contributed by atoms with E-state index in [9.17, 15) is 9.59 Å². The Bertz CT molecular complexity index is 955. The van der Waals surface area contributed by atoms with Crippen LogP contribution >= 0.6 is 0 Å². The molecule has 0 spiro atoms. The summed E-state index contributed by atoms with van der Waals surface area (Å²) < 4.78 is 1.84. The molecule has 0 bridgehead atoms. The summed E-state index contributed by atoms with van der Waals surface area (Å²) >= 11 is 0. The Morgan fingerprint density at radius 2 is 1.86 bits per heavy atom. The molecule has 1 aromatic heterocycles. The Hall–Kier alpha value is -3.61. The van der Waals surface area contributed by atoms with Crippen LogP contribution in [0.2, 0.25) is 0 Å². The average molecular weight is 391 g/mol. The standard InChI is InChI=1S/C22H25N5O2/c1-16(15-27-12-6-11-24-27)14-23-22(29)26-20-13-19(10-9-17(20)2)25-21(28)18-7-4-3-5-8-18/h3-13,16H,14-15H2,1-2H3,(H,25,28)(H2,23,26,29). The minimum absolute atomic E-state index is 0.197. The smallest absolute Gasteiger partial charge is 0.319 e. The van der Waals surface area contributed by atoms with Gasteiger partial charge in [-0.15, -0.1) is 0 Å². The molecule has 0 saturated carbocycles. The van der Waals surface area contributed by atoms with Crippen molar-refractivity contribution in [1.82, 2.24) is 15.1 Å². The van der Waals surface area contributed by atoms with Crippen molar-refractivity contribution in [1.29, 1.82) is 0 Å². The van der Waals surface area contributed by atoms with Crippen LogP contribution in [-0.4, -0.2) is 28.3 Å². The minimum Gasteiger partial charge on any atom is -0.338 e.